The molecular formula is C23H32O6. The van der Waals surface area contributed by atoms with Gasteiger partial charge in [-0.25, -0.2) is 4.79 Å². The number of hydrogen-bond donors (Lipinski definition) is 0. The van der Waals surface area contributed by atoms with Gasteiger partial charge >= 0.3 is 17.9 Å². The molecule has 0 aromatic heterocycles. The summed E-state index contributed by atoms with van der Waals surface area (Å²) in [5.41, 5.74) is 1.30. The Morgan fingerprint density at radius 3 is 1.93 bits per heavy atom. The second kappa shape index (κ2) is 13.5. The van der Waals surface area contributed by atoms with Crippen molar-refractivity contribution >= 4 is 17.9 Å². The summed E-state index contributed by atoms with van der Waals surface area (Å²) in [6.45, 7) is 9.62. The molecule has 0 aliphatic carbocycles. The van der Waals surface area contributed by atoms with Gasteiger partial charge in [-0.3, -0.25) is 9.59 Å². The molecule has 1 atom stereocenters. The molecule has 1 unspecified atom stereocenters. The molecule has 0 spiro atoms. The molecule has 1 aromatic rings. The molecule has 0 aliphatic rings. The van der Waals surface area contributed by atoms with Crippen molar-refractivity contribution in [3.63, 3.8) is 0 Å². The van der Waals surface area contributed by atoms with Gasteiger partial charge in [-0.15, -0.1) is 0 Å². The van der Waals surface area contributed by atoms with Gasteiger partial charge in [0.2, 0.25) is 0 Å². The average molecular weight is 405 g/mol. The smallest absolute Gasteiger partial charge is 0.333 e. The zero-order valence-corrected chi connectivity index (χ0v) is 17.6. The SMILES string of the molecule is C=C(CCCCC(c1ccccc1)C(C(=O)OCC)C(=O)OCC)C(=O)OCC. The van der Waals surface area contributed by atoms with Gasteiger partial charge in [-0.05, 0) is 45.6 Å². The van der Waals surface area contributed by atoms with Gasteiger partial charge in [0.15, 0.2) is 5.92 Å². The van der Waals surface area contributed by atoms with Crippen LogP contribution in [0.5, 0.6) is 0 Å². The van der Waals surface area contributed by atoms with Crippen LogP contribution in [-0.4, -0.2) is 37.7 Å². The summed E-state index contributed by atoms with van der Waals surface area (Å²) in [6, 6.07) is 9.42. The van der Waals surface area contributed by atoms with Gasteiger partial charge in [0, 0.05) is 11.5 Å². The summed E-state index contributed by atoms with van der Waals surface area (Å²) in [4.78, 5) is 36.8. The summed E-state index contributed by atoms with van der Waals surface area (Å²) < 4.78 is 15.3. The minimum absolute atomic E-state index is 0.190. The van der Waals surface area contributed by atoms with Crippen molar-refractivity contribution in [2.24, 2.45) is 5.92 Å². The Labute approximate surface area is 173 Å². The second-order valence-electron chi connectivity index (χ2n) is 6.57. The molecule has 29 heavy (non-hydrogen) atoms. The average Bonchev–Trinajstić information content (AvgIpc) is 2.71. The topological polar surface area (TPSA) is 78.9 Å². The lowest BCUT2D eigenvalue weighted by Crippen LogP contribution is -2.33. The molecule has 0 fully saturated rings. The van der Waals surface area contributed by atoms with Crippen LogP contribution in [0, 0.1) is 5.92 Å². The zero-order valence-electron chi connectivity index (χ0n) is 17.6. The van der Waals surface area contributed by atoms with E-state index < -0.39 is 17.9 Å². The highest BCUT2D eigenvalue weighted by Crippen LogP contribution is 2.32. The fourth-order valence-corrected chi connectivity index (χ4v) is 3.15. The van der Waals surface area contributed by atoms with Crippen LogP contribution in [0.4, 0.5) is 0 Å². The van der Waals surface area contributed by atoms with E-state index in [-0.39, 0.29) is 25.1 Å². The number of esters is 3. The molecule has 0 radical (unpaired) electrons. The predicted molar refractivity (Wildman–Crippen MR) is 110 cm³/mol. The summed E-state index contributed by atoms with van der Waals surface area (Å²) in [5, 5.41) is 0. The van der Waals surface area contributed by atoms with E-state index >= 15 is 0 Å². The number of ether oxygens (including phenoxy) is 3. The van der Waals surface area contributed by atoms with Gasteiger partial charge in [0.1, 0.15) is 0 Å². The Bertz CT molecular complexity index is 649. The largest absolute Gasteiger partial charge is 0.465 e. The Morgan fingerprint density at radius 2 is 1.41 bits per heavy atom. The highest BCUT2D eigenvalue weighted by Gasteiger charge is 2.38. The summed E-state index contributed by atoms with van der Waals surface area (Å²) in [6.07, 6.45) is 2.47. The van der Waals surface area contributed by atoms with E-state index in [0.717, 1.165) is 5.56 Å². The molecule has 1 rings (SSSR count). The molecule has 0 saturated carbocycles. The van der Waals surface area contributed by atoms with Crippen LogP contribution in [0.1, 0.15) is 57.9 Å². The van der Waals surface area contributed by atoms with Crippen LogP contribution in [0.3, 0.4) is 0 Å². The molecule has 6 nitrogen and oxygen atoms in total. The summed E-state index contributed by atoms with van der Waals surface area (Å²) in [7, 11) is 0. The number of carbonyl (C=O) groups is 3. The highest BCUT2D eigenvalue weighted by atomic mass is 16.6. The van der Waals surface area contributed by atoms with Gasteiger partial charge in [-0.1, -0.05) is 43.3 Å². The Kier molecular flexibility index (Phi) is 11.4. The molecular weight excluding hydrogens is 372 g/mol. The minimum Gasteiger partial charge on any atom is -0.465 e. The molecule has 6 heteroatoms. The zero-order chi connectivity index (χ0) is 21.6. The summed E-state index contributed by atoms with van der Waals surface area (Å²) >= 11 is 0. The Balaban J connectivity index is 2.92. The van der Waals surface area contributed by atoms with Gasteiger partial charge in [-0.2, -0.15) is 0 Å². The third kappa shape index (κ3) is 8.10. The van der Waals surface area contributed by atoms with E-state index in [4.69, 9.17) is 14.2 Å². The van der Waals surface area contributed by atoms with E-state index in [1.54, 1.807) is 20.8 Å². The molecule has 0 saturated heterocycles. The molecule has 160 valence electrons. The van der Waals surface area contributed by atoms with Gasteiger partial charge in [0.25, 0.3) is 0 Å². The van der Waals surface area contributed by atoms with E-state index in [2.05, 4.69) is 6.58 Å². The monoisotopic (exact) mass is 404 g/mol. The third-order valence-corrected chi connectivity index (χ3v) is 4.52. The lowest BCUT2D eigenvalue weighted by atomic mass is 9.82. The second-order valence-corrected chi connectivity index (χ2v) is 6.57. The number of unbranched alkanes of at least 4 members (excludes halogenated alkanes) is 1. The standard InChI is InChI=1S/C23H32O6/c1-5-27-21(24)17(4)13-11-12-16-19(18-14-9-8-10-15-18)20(22(25)28-6-2)23(26)29-7-3/h8-10,14-15,19-20H,4-7,11-13,16H2,1-3H3. The number of carbonyl (C=O) groups excluding carboxylic acids is 3. The van der Waals surface area contributed by atoms with Crippen LogP contribution in [-0.2, 0) is 28.6 Å². The van der Waals surface area contributed by atoms with Crippen molar-refractivity contribution in [3.8, 4) is 0 Å². The molecule has 0 bridgehead atoms. The Hall–Kier alpha value is -2.63. The lowest BCUT2D eigenvalue weighted by Gasteiger charge is -2.24. The first kappa shape index (κ1) is 24.4. The van der Waals surface area contributed by atoms with Gasteiger partial charge in [0.05, 0.1) is 19.8 Å². The highest BCUT2D eigenvalue weighted by molar-refractivity contribution is 5.96. The molecule has 0 N–H and O–H groups in total. The van der Waals surface area contributed by atoms with Crippen molar-refractivity contribution < 1.29 is 28.6 Å². The summed E-state index contributed by atoms with van der Waals surface area (Å²) in [5.74, 6) is -2.93. The van der Waals surface area contributed by atoms with Crippen LogP contribution in [0.25, 0.3) is 0 Å². The quantitative estimate of drug-likeness (QED) is 0.161. The first-order valence-corrected chi connectivity index (χ1v) is 10.2. The van der Waals surface area contributed by atoms with Crippen molar-refractivity contribution in [1.82, 2.24) is 0 Å². The molecule has 1 aromatic carbocycles. The number of rotatable bonds is 13. The van der Waals surface area contributed by atoms with Crippen LogP contribution < -0.4 is 0 Å². The molecule has 0 heterocycles. The fraction of sp³-hybridized carbons (Fsp3) is 0.522. The van der Waals surface area contributed by atoms with E-state index in [1.165, 1.54) is 0 Å². The van der Waals surface area contributed by atoms with E-state index in [1.807, 2.05) is 30.3 Å². The third-order valence-electron chi connectivity index (χ3n) is 4.52. The van der Waals surface area contributed by atoms with E-state index in [0.29, 0.717) is 37.9 Å². The van der Waals surface area contributed by atoms with E-state index in [9.17, 15) is 14.4 Å². The van der Waals surface area contributed by atoms with Crippen LogP contribution in [0.15, 0.2) is 42.5 Å². The molecule has 0 amide bonds. The molecule has 0 aliphatic heterocycles. The number of hydrogen-bond acceptors (Lipinski definition) is 6. The Morgan fingerprint density at radius 1 is 0.862 bits per heavy atom. The first-order valence-electron chi connectivity index (χ1n) is 10.2. The predicted octanol–water partition coefficient (Wildman–Crippen LogP) is 4.19. The first-order chi connectivity index (χ1) is 14.0. The minimum atomic E-state index is -1.02. The lowest BCUT2D eigenvalue weighted by molar-refractivity contribution is -0.163. The maximum atomic E-state index is 12.6. The van der Waals surface area contributed by atoms with Crippen molar-refractivity contribution in [3.05, 3.63) is 48.0 Å². The van der Waals surface area contributed by atoms with Gasteiger partial charge < -0.3 is 14.2 Å². The number of benzene rings is 1. The maximum absolute atomic E-state index is 12.6. The van der Waals surface area contributed by atoms with Crippen molar-refractivity contribution in [2.45, 2.75) is 52.4 Å². The van der Waals surface area contributed by atoms with Crippen molar-refractivity contribution in [1.29, 1.82) is 0 Å². The normalized spacial score (nSPS) is 11.6. The van der Waals surface area contributed by atoms with Crippen LogP contribution >= 0.6 is 0 Å². The maximum Gasteiger partial charge on any atom is 0.333 e. The van der Waals surface area contributed by atoms with Crippen LogP contribution in [0.2, 0.25) is 0 Å². The van der Waals surface area contributed by atoms with Crippen molar-refractivity contribution in [2.75, 3.05) is 19.8 Å². The fourth-order valence-electron chi connectivity index (χ4n) is 3.15.